The lowest BCUT2D eigenvalue weighted by Gasteiger charge is -2.28. The summed E-state index contributed by atoms with van der Waals surface area (Å²) in [4.78, 5) is 14.4. The topological polar surface area (TPSA) is 40.5 Å². The van der Waals surface area contributed by atoms with E-state index in [9.17, 15) is 9.90 Å². The molecule has 1 aliphatic heterocycles. The predicted octanol–water partition coefficient (Wildman–Crippen LogP) is 3.26. The Balaban J connectivity index is 2.28. The Hall–Kier alpha value is -0.780. The smallest absolute Gasteiger partial charge is 0.257 e. The van der Waals surface area contributed by atoms with E-state index in [2.05, 4.69) is 36.4 Å². The van der Waals surface area contributed by atoms with Crippen molar-refractivity contribution in [3.8, 4) is 5.75 Å². The Bertz CT molecular complexity index is 459. The molecule has 1 aromatic rings. The first kappa shape index (κ1) is 13.6. The molecule has 2 rings (SSSR count). The molecule has 1 atom stereocenters. The largest absolute Gasteiger partial charge is 0.507 e. The van der Waals surface area contributed by atoms with E-state index in [-0.39, 0.29) is 11.7 Å². The van der Waals surface area contributed by atoms with Crippen molar-refractivity contribution in [2.24, 2.45) is 5.92 Å². The number of benzene rings is 1. The average molecular weight is 359 g/mol. The zero-order valence-electron chi connectivity index (χ0n) is 10.7. The van der Waals surface area contributed by atoms with E-state index >= 15 is 0 Å². The molecule has 0 aromatic heterocycles. The normalized spacial score (nSPS) is 19.6. The van der Waals surface area contributed by atoms with Crippen molar-refractivity contribution in [2.75, 3.05) is 6.54 Å². The van der Waals surface area contributed by atoms with Crippen molar-refractivity contribution in [3.05, 3.63) is 27.3 Å². The van der Waals surface area contributed by atoms with Gasteiger partial charge >= 0.3 is 0 Å². The number of rotatable bonds is 2. The average Bonchev–Trinajstić information content (AvgIpc) is 2.80. The molecule has 98 valence electrons. The third-order valence-electron chi connectivity index (χ3n) is 3.52. The van der Waals surface area contributed by atoms with Crippen LogP contribution in [0.3, 0.4) is 0 Å². The van der Waals surface area contributed by atoms with Crippen LogP contribution < -0.4 is 0 Å². The van der Waals surface area contributed by atoms with Crippen molar-refractivity contribution < 1.29 is 9.90 Å². The summed E-state index contributed by atoms with van der Waals surface area (Å²) in [6, 6.07) is 5.45. The van der Waals surface area contributed by atoms with Crippen LogP contribution in [0.25, 0.3) is 0 Å². The lowest BCUT2D eigenvalue weighted by atomic mass is 10.0. The molecule has 1 aromatic carbocycles. The van der Waals surface area contributed by atoms with Crippen LogP contribution in [0, 0.1) is 9.49 Å². The second kappa shape index (κ2) is 5.47. The Morgan fingerprint density at radius 3 is 2.89 bits per heavy atom. The van der Waals surface area contributed by atoms with E-state index in [1.165, 1.54) is 0 Å². The molecule has 1 fully saturated rings. The zero-order chi connectivity index (χ0) is 13.3. The number of likely N-dealkylation sites (tertiary alicyclic amines) is 1. The molecular weight excluding hydrogens is 341 g/mol. The van der Waals surface area contributed by atoms with E-state index in [0.717, 1.165) is 23.0 Å². The quantitative estimate of drug-likeness (QED) is 0.824. The summed E-state index contributed by atoms with van der Waals surface area (Å²) >= 11 is 2.16. The molecule has 1 aliphatic rings. The minimum Gasteiger partial charge on any atom is -0.507 e. The first-order valence-electron chi connectivity index (χ1n) is 6.30. The molecule has 0 radical (unpaired) electrons. The van der Waals surface area contributed by atoms with Crippen LogP contribution in [-0.2, 0) is 0 Å². The second-order valence-electron chi connectivity index (χ2n) is 5.11. The summed E-state index contributed by atoms with van der Waals surface area (Å²) < 4.78 is 0.967. The van der Waals surface area contributed by atoms with E-state index in [0.29, 0.717) is 17.5 Å². The van der Waals surface area contributed by atoms with Crippen molar-refractivity contribution in [3.63, 3.8) is 0 Å². The molecule has 18 heavy (non-hydrogen) atoms. The molecule has 1 saturated heterocycles. The van der Waals surface area contributed by atoms with Gasteiger partial charge in [0.15, 0.2) is 0 Å². The number of phenols is 1. The third-order valence-corrected chi connectivity index (χ3v) is 4.19. The van der Waals surface area contributed by atoms with Crippen LogP contribution >= 0.6 is 22.6 Å². The minimum atomic E-state index is -0.0396. The number of phenolic OH excluding ortho intramolecular Hbond substituents is 1. The zero-order valence-corrected chi connectivity index (χ0v) is 12.8. The van der Waals surface area contributed by atoms with E-state index in [4.69, 9.17) is 0 Å². The fourth-order valence-electron chi connectivity index (χ4n) is 2.57. The molecule has 0 aliphatic carbocycles. The summed E-state index contributed by atoms with van der Waals surface area (Å²) in [5.41, 5.74) is 0.425. The summed E-state index contributed by atoms with van der Waals surface area (Å²) in [6.07, 6.45) is 2.12. The first-order chi connectivity index (χ1) is 8.50. The SMILES string of the molecule is CC(C)C1CCCN1C(=O)c1cc(I)ccc1O. The Morgan fingerprint density at radius 2 is 2.22 bits per heavy atom. The molecule has 0 saturated carbocycles. The maximum absolute atomic E-state index is 12.5. The number of hydrogen-bond donors (Lipinski definition) is 1. The molecular formula is C14H18INO2. The molecule has 0 bridgehead atoms. The van der Waals surface area contributed by atoms with Crippen molar-refractivity contribution in [2.45, 2.75) is 32.7 Å². The molecule has 1 heterocycles. The van der Waals surface area contributed by atoms with Crippen LogP contribution in [0.15, 0.2) is 18.2 Å². The van der Waals surface area contributed by atoms with Crippen molar-refractivity contribution >= 4 is 28.5 Å². The van der Waals surface area contributed by atoms with Gasteiger partial charge in [-0.25, -0.2) is 0 Å². The number of aromatic hydroxyl groups is 1. The molecule has 4 heteroatoms. The van der Waals surface area contributed by atoms with Gasteiger partial charge in [-0.2, -0.15) is 0 Å². The van der Waals surface area contributed by atoms with E-state index in [1.54, 1.807) is 18.2 Å². The van der Waals surface area contributed by atoms with Gasteiger partial charge in [-0.15, -0.1) is 0 Å². The fourth-order valence-corrected chi connectivity index (χ4v) is 3.06. The van der Waals surface area contributed by atoms with Gasteiger partial charge in [0.05, 0.1) is 5.56 Å². The highest BCUT2D eigenvalue weighted by molar-refractivity contribution is 14.1. The van der Waals surface area contributed by atoms with Gasteiger partial charge in [0.1, 0.15) is 5.75 Å². The maximum atomic E-state index is 12.5. The highest BCUT2D eigenvalue weighted by Gasteiger charge is 2.32. The van der Waals surface area contributed by atoms with Crippen molar-refractivity contribution in [1.29, 1.82) is 0 Å². The standard InChI is InChI=1S/C14H18INO2/c1-9(2)12-4-3-7-16(12)14(18)11-8-10(15)5-6-13(11)17/h5-6,8-9,12,17H,3-4,7H2,1-2H3. The van der Waals surface area contributed by atoms with Gasteiger partial charge in [-0.05, 0) is 59.5 Å². The van der Waals surface area contributed by atoms with Crippen LogP contribution in [-0.4, -0.2) is 28.5 Å². The highest BCUT2D eigenvalue weighted by atomic mass is 127. The van der Waals surface area contributed by atoms with Crippen LogP contribution in [0.2, 0.25) is 0 Å². The summed E-state index contributed by atoms with van der Waals surface area (Å²) in [7, 11) is 0. The van der Waals surface area contributed by atoms with Crippen LogP contribution in [0.1, 0.15) is 37.0 Å². The summed E-state index contributed by atoms with van der Waals surface area (Å²) in [5.74, 6) is 0.499. The number of halogens is 1. The molecule has 1 amide bonds. The maximum Gasteiger partial charge on any atom is 0.257 e. The van der Waals surface area contributed by atoms with Gasteiger partial charge in [0, 0.05) is 16.2 Å². The van der Waals surface area contributed by atoms with E-state index in [1.807, 2.05) is 4.90 Å². The number of amides is 1. The Kier molecular flexibility index (Phi) is 4.14. The third kappa shape index (κ3) is 2.63. The van der Waals surface area contributed by atoms with Gasteiger partial charge in [-0.3, -0.25) is 4.79 Å². The first-order valence-corrected chi connectivity index (χ1v) is 7.38. The molecule has 3 nitrogen and oxygen atoms in total. The lowest BCUT2D eigenvalue weighted by Crippen LogP contribution is -2.38. The summed E-state index contributed by atoms with van der Waals surface area (Å²) in [5, 5.41) is 9.84. The van der Waals surface area contributed by atoms with Gasteiger partial charge in [-0.1, -0.05) is 13.8 Å². The molecule has 1 unspecified atom stereocenters. The van der Waals surface area contributed by atoms with E-state index < -0.39 is 0 Å². The Morgan fingerprint density at radius 1 is 1.50 bits per heavy atom. The fraction of sp³-hybridized carbons (Fsp3) is 0.500. The minimum absolute atomic E-state index is 0.0396. The van der Waals surface area contributed by atoms with Gasteiger partial charge in [0.2, 0.25) is 0 Å². The monoisotopic (exact) mass is 359 g/mol. The highest BCUT2D eigenvalue weighted by Crippen LogP contribution is 2.28. The lowest BCUT2D eigenvalue weighted by molar-refractivity contribution is 0.0698. The summed E-state index contributed by atoms with van der Waals surface area (Å²) in [6.45, 7) is 5.09. The molecule has 0 spiro atoms. The Labute approximate surface area is 121 Å². The number of carbonyl (C=O) groups excluding carboxylic acids is 1. The van der Waals surface area contributed by atoms with Gasteiger partial charge < -0.3 is 10.0 Å². The number of hydrogen-bond acceptors (Lipinski definition) is 2. The number of carbonyl (C=O) groups is 1. The predicted molar refractivity (Wildman–Crippen MR) is 79.7 cm³/mol. The number of nitrogens with zero attached hydrogens (tertiary/aromatic N) is 1. The van der Waals surface area contributed by atoms with Crippen LogP contribution in [0.5, 0.6) is 5.75 Å². The second-order valence-corrected chi connectivity index (χ2v) is 6.36. The van der Waals surface area contributed by atoms with Gasteiger partial charge in [0.25, 0.3) is 5.91 Å². The van der Waals surface area contributed by atoms with Crippen molar-refractivity contribution in [1.82, 2.24) is 4.90 Å². The molecule has 1 N–H and O–H groups in total. The van der Waals surface area contributed by atoms with Crippen LogP contribution in [0.4, 0.5) is 0 Å².